The number of carboxylic acid groups (broad SMARTS) is 1. The second kappa shape index (κ2) is 5.83. The van der Waals surface area contributed by atoms with Gasteiger partial charge in [-0.05, 0) is 47.0 Å². The monoisotopic (exact) mass is 341 g/mol. The summed E-state index contributed by atoms with van der Waals surface area (Å²) < 4.78 is 5.84. The molecule has 1 aromatic carbocycles. The summed E-state index contributed by atoms with van der Waals surface area (Å²) in [6.45, 7) is 0. The molecule has 0 unspecified atom stereocenters. The quantitative estimate of drug-likeness (QED) is 0.862. The second-order valence-electron chi connectivity index (χ2n) is 5.01. The number of aliphatic carboxylic acids is 1. The van der Waals surface area contributed by atoms with Gasteiger partial charge in [0.05, 0.1) is 17.0 Å². The van der Waals surface area contributed by atoms with Crippen molar-refractivity contribution in [2.75, 3.05) is 12.4 Å². The van der Waals surface area contributed by atoms with Crippen molar-refractivity contribution >= 4 is 33.5 Å². The third kappa shape index (κ3) is 2.95. The predicted molar refractivity (Wildman–Crippen MR) is 77.9 cm³/mol. The molecule has 0 bridgehead atoms. The Morgan fingerprint density at radius 1 is 1.45 bits per heavy atom. The van der Waals surface area contributed by atoms with Crippen LogP contribution in [0, 0.1) is 5.41 Å². The number of carboxylic acids is 1. The summed E-state index contributed by atoms with van der Waals surface area (Å²) in [4.78, 5) is 23.2. The van der Waals surface area contributed by atoms with Crippen molar-refractivity contribution in [3.05, 3.63) is 22.7 Å². The molecule has 1 aromatic rings. The molecule has 108 valence electrons. The van der Waals surface area contributed by atoms with Crippen molar-refractivity contribution in [3.63, 3.8) is 0 Å². The van der Waals surface area contributed by atoms with Crippen LogP contribution in [-0.2, 0) is 9.59 Å². The van der Waals surface area contributed by atoms with Gasteiger partial charge in [0.25, 0.3) is 0 Å². The number of nitrogens with one attached hydrogen (secondary N) is 1. The average Bonchev–Trinajstić information content (AvgIpc) is 2.33. The van der Waals surface area contributed by atoms with Crippen LogP contribution in [-0.4, -0.2) is 24.1 Å². The fourth-order valence-corrected chi connectivity index (χ4v) is 2.87. The summed E-state index contributed by atoms with van der Waals surface area (Å²) in [5.74, 6) is -0.483. The van der Waals surface area contributed by atoms with Gasteiger partial charge in [-0.25, -0.2) is 0 Å². The molecule has 1 fully saturated rings. The van der Waals surface area contributed by atoms with Gasteiger partial charge in [-0.3, -0.25) is 9.59 Å². The van der Waals surface area contributed by atoms with Crippen molar-refractivity contribution in [1.29, 1.82) is 0 Å². The first-order valence-electron chi connectivity index (χ1n) is 6.34. The van der Waals surface area contributed by atoms with Gasteiger partial charge in [0.2, 0.25) is 5.91 Å². The topological polar surface area (TPSA) is 75.6 Å². The second-order valence-corrected chi connectivity index (χ2v) is 5.87. The number of carbonyl (C=O) groups excluding carboxylic acids is 1. The maximum atomic E-state index is 12.0. The zero-order valence-electron chi connectivity index (χ0n) is 11.1. The number of carbonyl (C=O) groups is 2. The average molecular weight is 342 g/mol. The van der Waals surface area contributed by atoms with E-state index in [1.165, 1.54) is 0 Å². The molecular formula is C14H16BrNO4. The molecule has 0 aliphatic heterocycles. The van der Waals surface area contributed by atoms with E-state index in [-0.39, 0.29) is 12.3 Å². The maximum Gasteiger partial charge on any atom is 0.310 e. The number of benzene rings is 1. The van der Waals surface area contributed by atoms with E-state index in [9.17, 15) is 14.7 Å². The van der Waals surface area contributed by atoms with E-state index in [0.717, 1.165) is 10.9 Å². The van der Waals surface area contributed by atoms with Crippen LogP contribution in [0.15, 0.2) is 22.7 Å². The van der Waals surface area contributed by atoms with Crippen LogP contribution in [0.4, 0.5) is 5.69 Å². The minimum atomic E-state index is -0.880. The molecule has 2 rings (SSSR count). The van der Waals surface area contributed by atoms with Crippen LogP contribution in [0.2, 0.25) is 0 Å². The Morgan fingerprint density at radius 3 is 2.60 bits per heavy atom. The number of methoxy groups -OCH3 is 1. The lowest BCUT2D eigenvalue weighted by molar-refractivity contribution is -0.157. The molecule has 0 heterocycles. The Bertz CT molecular complexity index is 540. The number of ether oxygens (including phenoxy) is 1. The van der Waals surface area contributed by atoms with Crippen molar-refractivity contribution in [3.8, 4) is 5.75 Å². The lowest BCUT2D eigenvalue weighted by Gasteiger charge is -2.36. The normalized spacial score (nSPS) is 16.1. The molecule has 2 N–H and O–H groups in total. The van der Waals surface area contributed by atoms with E-state index in [1.807, 2.05) is 0 Å². The lowest BCUT2D eigenvalue weighted by atomic mass is 9.66. The summed E-state index contributed by atoms with van der Waals surface area (Å²) in [7, 11) is 1.56. The predicted octanol–water partition coefficient (Wildman–Crippen LogP) is 3.04. The van der Waals surface area contributed by atoms with E-state index >= 15 is 0 Å². The Balaban J connectivity index is 2.01. The zero-order chi connectivity index (χ0) is 14.8. The first-order chi connectivity index (χ1) is 9.47. The van der Waals surface area contributed by atoms with Crippen LogP contribution in [0.3, 0.4) is 0 Å². The first kappa shape index (κ1) is 14.8. The highest BCUT2D eigenvalue weighted by Gasteiger charge is 2.45. The Morgan fingerprint density at radius 2 is 2.15 bits per heavy atom. The van der Waals surface area contributed by atoms with Crippen LogP contribution in [0.5, 0.6) is 5.75 Å². The minimum Gasteiger partial charge on any atom is -0.496 e. The number of amides is 1. The van der Waals surface area contributed by atoms with Gasteiger partial charge in [-0.1, -0.05) is 6.42 Å². The summed E-state index contributed by atoms with van der Waals surface area (Å²) >= 11 is 3.34. The fourth-order valence-electron chi connectivity index (χ4n) is 2.33. The lowest BCUT2D eigenvalue weighted by Crippen LogP contribution is -2.41. The van der Waals surface area contributed by atoms with Crippen LogP contribution >= 0.6 is 15.9 Å². The summed E-state index contributed by atoms with van der Waals surface area (Å²) in [5, 5.41) is 11.9. The first-order valence-corrected chi connectivity index (χ1v) is 7.13. The highest BCUT2D eigenvalue weighted by Crippen LogP contribution is 2.44. The third-order valence-corrected chi connectivity index (χ3v) is 4.32. The maximum absolute atomic E-state index is 12.0. The molecule has 0 aromatic heterocycles. The smallest absolute Gasteiger partial charge is 0.310 e. The van der Waals surface area contributed by atoms with Crippen LogP contribution in [0.1, 0.15) is 25.7 Å². The molecule has 1 amide bonds. The van der Waals surface area contributed by atoms with Crippen LogP contribution in [0.25, 0.3) is 0 Å². The highest BCUT2D eigenvalue weighted by molar-refractivity contribution is 9.10. The zero-order valence-corrected chi connectivity index (χ0v) is 12.7. The Hall–Kier alpha value is -1.56. The molecule has 6 heteroatoms. The van der Waals surface area contributed by atoms with E-state index in [1.54, 1.807) is 25.3 Å². The Kier molecular flexibility index (Phi) is 4.32. The summed E-state index contributed by atoms with van der Waals surface area (Å²) in [6.07, 6.45) is 2.03. The van der Waals surface area contributed by atoms with Crippen LogP contribution < -0.4 is 10.1 Å². The van der Waals surface area contributed by atoms with Gasteiger partial charge in [0, 0.05) is 12.1 Å². The van der Waals surface area contributed by atoms with E-state index < -0.39 is 11.4 Å². The molecule has 1 aliphatic rings. The largest absolute Gasteiger partial charge is 0.496 e. The molecule has 0 spiro atoms. The standard InChI is InChI=1S/C14H16BrNO4/c1-20-11-4-3-9(7-10(11)15)16-12(17)8-14(13(18)19)5-2-6-14/h3-4,7H,2,5-6,8H2,1H3,(H,16,17)(H,18,19). The SMILES string of the molecule is COc1ccc(NC(=O)CC2(C(=O)O)CCC2)cc1Br. The third-order valence-electron chi connectivity index (χ3n) is 3.70. The molecule has 0 atom stereocenters. The van der Waals surface area contributed by atoms with E-state index in [0.29, 0.717) is 24.3 Å². The highest BCUT2D eigenvalue weighted by atomic mass is 79.9. The van der Waals surface area contributed by atoms with Gasteiger partial charge in [0.1, 0.15) is 5.75 Å². The van der Waals surface area contributed by atoms with Gasteiger partial charge in [0.15, 0.2) is 0 Å². The van der Waals surface area contributed by atoms with Gasteiger partial charge < -0.3 is 15.2 Å². The van der Waals surface area contributed by atoms with Crippen molar-refractivity contribution in [2.24, 2.45) is 5.41 Å². The van der Waals surface area contributed by atoms with Gasteiger partial charge in [-0.2, -0.15) is 0 Å². The van der Waals surface area contributed by atoms with Crippen molar-refractivity contribution < 1.29 is 19.4 Å². The number of hydrogen-bond donors (Lipinski definition) is 2. The van der Waals surface area contributed by atoms with E-state index in [2.05, 4.69) is 21.2 Å². The molecule has 1 aliphatic carbocycles. The molecule has 0 saturated heterocycles. The van der Waals surface area contributed by atoms with Gasteiger partial charge >= 0.3 is 5.97 Å². The summed E-state index contributed by atoms with van der Waals surface area (Å²) in [5.41, 5.74) is -0.254. The fraction of sp³-hybridized carbons (Fsp3) is 0.429. The number of halogens is 1. The number of anilines is 1. The molecule has 5 nitrogen and oxygen atoms in total. The number of rotatable bonds is 5. The van der Waals surface area contributed by atoms with Crippen molar-refractivity contribution in [1.82, 2.24) is 0 Å². The minimum absolute atomic E-state index is 0.0198. The van der Waals surface area contributed by atoms with Crippen molar-refractivity contribution in [2.45, 2.75) is 25.7 Å². The van der Waals surface area contributed by atoms with E-state index in [4.69, 9.17) is 4.74 Å². The number of hydrogen-bond acceptors (Lipinski definition) is 3. The van der Waals surface area contributed by atoms with Gasteiger partial charge in [-0.15, -0.1) is 0 Å². The molecule has 20 heavy (non-hydrogen) atoms. The molecule has 0 radical (unpaired) electrons. The molecule has 1 saturated carbocycles. The Labute approximate surface area is 125 Å². The molecular weight excluding hydrogens is 326 g/mol. The summed E-state index contributed by atoms with van der Waals surface area (Å²) in [6, 6.07) is 5.18.